The average molecular weight is 812 g/mol. The Bertz CT molecular complexity index is 2170. The summed E-state index contributed by atoms with van der Waals surface area (Å²) in [5.74, 6) is 10.8. The predicted octanol–water partition coefficient (Wildman–Crippen LogP) is 7.56. The smallest absolute Gasteiger partial charge is 0.260 e. The zero-order valence-electron chi connectivity index (χ0n) is 33.6. The van der Waals surface area contributed by atoms with Crippen molar-refractivity contribution in [3.8, 4) is 23.0 Å². The van der Waals surface area contributed by atoms with E-state index in [-0.39, 0.29) is 16.6 Å². The van der Waals surface area contributed by atoms with Crippen LogP contribution in [0.1, 0.15) is 112 Å². The van der Waals surface area contributed by atoms with Crippen molar-refractivity contribution in [2.24, 2.45) is 50.6 Å². The first-order chi connectivity index (χ1) is 28.2. The molecule has 16 heteroatoms. The van der Waals surface area contributed by atoms with Gasteiger partial charge in [-0.2, -0.15) is 16.1 Å². The number of methoxy groups -OCH3 is 2. The van der Waals surface area contributed by atoms with Crippen LogP contribution in [0.15, 0.2) is 59.8 Å². The molecule has 4 aromatic rings. The largest absolute Gasteiger partial charge is 0.504 e. The van der Waals surface area contributed by atoms with Crippen LogP contribution in [0.4, 0.5) is 0 Å². The molecule has 0 spiro atoms. The molecule has 0 aliphatic heterocycles. The van der Waals surface area contributed by atoms with E-state index in [0.29, 0.717) is 65.1 Å². The lowest BCUT2D eigenvalue weighted by Gasteiger charge is -2.49. The van der Waals surface area contributed by atoms with Crippen LogP contribution < -0.4 is 19.6 Å². The minimum atomic E-state index is 0.145. The lowest BCUT2D eigenvalue weighted by molar-refractivity contribution is -0.199. The van der Waals surface area contributed by atoms with Crippen molar-refractivity contribution >= 4 is 23.7 Å². The predicted molar refractivity (Wildman–Crippen MR) is 217 cm³/mol. The third-order valence-electron chi connectivity index (χ3n) is 15.0. The van der Waals surface area contributed by atoms with Crippen molar-refractivity contribution in [1.82, 2.24) is 29.7 Å². The Morgan fingerprint density at radius 1 is 0.672 bits per heavy atom. The second kappa shape index (κ2) is 15.9. The van der Waals surface area contributed by atoms with E-state index in [2.05, 4.69) is 61.8 Å². The Balaban J connectivity index is 0.000000152. The number of nitrogens with zero attached hydrogens (tertiary/aromatic N) is 8. The first-order valence-corrected chi connectivity index (χ1v) is 21.2. The van der Waals surface area contributed by atoms with Crippen LogP contribution in [0.3, 0.4) is 0 Å². The highest BCUT2D eigenvalue weighted by molar-refractivity contribution is 7.90. The summed E-state index contributed by atoms with van der Waals surface area (Å²) in [5, 5.41) is 35.4. The summed E-state index contributed by atoms with van der Waals surface area (Å²) >= 11 is 0.672. The topological polar surface area (TPSA) is 179 Å². The lowest BCUT2D eigenvalue weighted by Crippen LogP contribution is -2.42. The molecule has 3 N–H and O–H groups in total. The zero-order chi connectivity index (χ0) is 40.0. The van der Waals surface area contributed by atoms with Crippen molar-refractivity contribution in [2.75, 3.05) is 14.2 Å². The third-order valence-corrected chi connectivity index (χ3v) is 15.4. The number of benzene rings is 2. The maximum absolute atomic E-state index is 10.2. The monoisotopic (exact) mass is 811 g/mol. The van der Waals surface area contributed by atoms with Crippen molar-refractivity contribution in [3.63, 3.8) is 0 Å². The van der Waals surface area contributed by atoms with Crippen molar-refractivity contribution in [1.29, 1.82) is 0 Å². The van der Waals surface area contributed by atoms with Crippen molar-refractivity contribution < 1.29 is 28.1 Å². The summed E-state index contributed by atoms with van der Waals surface area (Å²) in [6, 6.07) is 8.23. The number of hydrogen-bond acceptors (Lipinski definition) is 14. The van der Waals surface area contributed by atoms with Gasteiger partial charge in [-0.15, -0.1) is 29.7 Å². The molecule has 0 bridgehead atoms. The molecule has 308 valence electrons. The highest BCUT2D eigenvalue weighted by Gasteiger charge is 2.55. The van der Waals surface area contributed by atoms with E-state index in [1.165, 1.54) is 65.8 Å². The maximum Gasteiger partial charge on any atom is 0.260 e. The lowest BCUT2D eigenvalue weighted by atomic mass is 9.55. The first kappa shape index (κ1) is 39.0. The fraction of sp³-hybridized carbons (Fsp3) is 0.571. The molecule has 8 atom stereocenters. The van der Waals surface area contributed by atoms with Crippen molar-refractivity contribution in [3.05, 3.63) is 71.8 Å². The Hall–Kier alpha value is -4.51. The molecular weight excluding hydrogens is 759 g/mol. The highest BCUT2D eigenvalue weighted by Crippen LogP contribution is 2.62. The molecule has 15 nitrogen and oxygen atoms in total. The van der Waals surface area contributed by atoms with E-state index in [1.54, 1.807) is 48.9 Å². The van der Waals surface area contributed by atoms with E-state index < -0.39 is 0 Å². The van der Waals surface area contributed by atoms with Gasteiger partial charge in [-0.25, -0.2) is 9.35 Å². The summed E-state index contributed by atoms with van der Waals surface area (Å²) in [5.41, 5.74) is 8.33. The number of nitrogens with two attached hydrogens (primary N) is 1. The number of fused-ring (bicyclic) bond motifs is 10. The second-order valence-electron chi connectivity index (χ2n) is 17.3. The quantitative estimate of drug-likeness (QED) is 0.0773. The number of aromatic hydroxyl groups is 1. The van der Waals surface area contributed by atoms with Gasteiger partial charge in [-0.05, 0) is 159 Å². The van der Waals surface area contributed by atoms with Crippen LogP contribution >= 0.6 is 12.3 Å². The zero-order valence-corrected chi connectivity index (χ0v) is 34.4. The van der Waals surface area contributed by atoms with Crippen LogP contribution in [-0.4, -0.2) is 60.5 Å². The van der Waals surface area contributed by atoms with Gasteiger partial charge in [0.1, 0.15) is 25.3 Å². The Morgan fingerprint density at radius 3 is 1.67 bits per heavy atom. The van der Waals surface area contributed by atoms with Crippen LogP contribution in [0.2, 0.25) is 0 Å². The van der Waals surface area contributed by atoms with E-state index in [4.69, 9.17) is 29.8 Å². The molecule has 2 aromatic heterocycles. The summed E-state index contributed by atoms with van der Waals surface area (Å²) in [4.78, 5) is 4.09. The molecule has 0 saturated heterocycles. The van der Waals surface area contributed by atoms with Crippen LogP contribution in [0, 0.1) is 34.5 Å². The molecule has 2 aromatic carbocycles. The second-order valence-corrected chi connectivity index (χ2v) is 17.8. The molecule has 58 heavy (non-hydrogen) atoms. The number of aryl methyl sites for hydroxylation is 2. The standard InChI is InChI=1S/C21H27N5O4S.C21H26N4O2/c1-21-8-7-14-15(17(21)5-6-20(21)25-26-11-23-24-12-26)4-3-13-9-19(28-31-30-29-22)18(27-2)10-16(13)14;1-21-8-7-14-15(4-3-13-9-18(26)19(27-2)10-16(13)14)17(21)5-6-20(21)24-25-11-22-23-12-25/h9-12,14-15,17H,3-8,22H2,1-2H3;9-12,14-15,17,26H,3-8H2,1-2H3/b25-20+;24-20+/t2*14?,15?,17?,21-/m00/s1. The average Bonchev–Trinajstić information content (AvgIpc) is 4.06. The molecule has 4 saturated carbocycles. The van der Waals surface area contributed by atoms with Gasteiger partial charge in [-0.3, -0.25) is 0 Å². The summed E-state index contributed by atoms with van der Waals surface area (Å²) in [7, 11) is 3.28. The number of phenols is 1. The van der Waals surface area contributed by atoms with E-state index in [0.717, 1.165) is 44.9 Å². The molecular formula is C42H53N9O6S. The molecule has 6 unspecified atom stereocenters. The third kappa shape index (κ3) is 6.84. The summed E-state index contributed by atoms with van der Waals surface area (Å²) < 4.78 is 24.6. The van der Waals surface area contributed by atoms with E-state index in [1.807, 2.05) is 6.07 Å². The van der Waals surface area contributed by atoms with Crippen LogP contribution in [0.25, 0.3) is 0 Å². The minimum absolute atomic E-state index is 0.145. The molecule has 0 amide bonds. The number of rotatable bonds is 8. The van der Waals surface area contributed by atoms with Crippen LogP contribution in [0.5, 0.6) is 23.0 Å². The molecule has 6 aliphatic rings. The Kier molecular flexibility index (Phi) is 10.7. The fourth-order valence-electron chi connectivity index (χ4n) is 12.3. The van der Waals surface area contributed by atoms with Gasteiger partial charge < -0.3 is 18.8 Å². The molecule has 0 radical (unpaired) electrons. The molecule has 6 aliphatic carbocycles. The number of aromatic nitrogens is 6. The van der Waals surface area contributed by atoms with E-state index in [9.17, 15) is 5.11 Å². The number of ether oxygens (including phenoxy) is 2. The van der Waals surface area contributed by atoms with Gasteiger partial charge in [0.05, 0.1) is 14.2 Å². The number of hydrogen-bond donors (Lipinski definition) is 2. The Labute approximate surface area is 343 Å². The van der Waals surface area contributed by atoms with Crippen molar-refractivity contribution in [2.45, 2.75) is 103 Å². The molecule has 10 rings (SSSR count). The summed E-state index contributed by atoms with van der Waals surface area (Å²) in [6.45, 7) is 4.82. The van der Waals surface area contributed by atoms with E-state index >= 15 is 0 Å². The Morgan fingerprint density at radius 2 is 1.17 bits per heavy atom. The SMILES string of the molecule is COc1cc2c(cc1O)CCC1C2CC[C@]2(C)/C(=N/n3cnnc3)CCC12.COc1cc2c(cc1OSOON)CCC1C2CC[C@]2(C)/C(=N/n3cnnc3)CCC12. The molecule has 4 fully saturated rings. The highest BCUT2D eigenvalue weighted by atomic mass is 32.2. The van der Waals surface area contributed by atoms with Gasteiger partial charge >= 0.3 is 0 Å². The first-order valence-electron chi connectivity index (χ1n) is 20.6. The molecule has 2 heterocycles. The maximum atomic E-state index is 10.2. The number of phenolic OH excluding ortho intramolecular Hbond substituents is 1. The normalized spacial score (nSPS) is 31.9. The summed E-state index contributed by atoms with van der Waals surface area (Å²) in [6.07, 6.45) is 20.2. The van der Waals surface area contributed by atoms with Gasteiger partial charge in [0.15, 0.2) is 23.0 Å². The van der Waals surface area contributed by atoms with Gasteiger partial charge in [0, 0.05) is 22.3 Å². The fourth-order valence-corrected chi connectivity index (χ4v) is 12.6. The van der Waals surface area contributed by atoms with Gasteiger partial charge in [0.2, 0.25) is 0 Å². The minimum Gasteiger partial charge on any atom is -0.504 e. The van der Waals surface area contributed by atoms with Crippen LogP contribution in [-0.2, 0) is 22.2 Å². The van der Waals surface area contributed by atoms with Gasteiger partial charge in [-0.1, -0.05) is 13.8 Å². The van der Waals surface area contributed by atoms with Gasteiger partial charge in [0.25, 0.3) is 12.3 Å².